The number of Topliss-reactive ketones (excluding diaryl/α,β-unsaturated/α-hetero) is 1. The number of phenolic OH excluding ortho intramolecular Hbond substituents is 1. The van der Waals surface area contributed by atoms with Crippen LogP contribution in [0, 0.1) is 0 Å². The number of carbonyl (C=O) groups excluding carboxylic acids is 1. The SMILES string of the molecule is C=Cc1ccc(COc2ccc(C3(O)CC(=O)c4c(O)cc(OC)cc4O3)cc2)cc1C=C.CC. The Morgan fingerprint density at radius 2 is 1.69 bits per heavy atom. The second kappa shape index (κ2) is 10.9. The van der Waals surface area contributed by atoms with Crippen molar-refractivity contribution in [3.63, 3.8) is 0 Å². The van der Waals surface area contributed by atoms with Crippen molar-refractivity contribution in [1.82, 2.24) is 0 Å². The average Bonchev–Trinajstić information content (AvgIpc) is 2.88. The second-order valence-corrected chi connectivity index (χ2v) is 7.69. The monoisotopic (exact) mass is 474 g/mol. The number of phenols is 1. The van der Waals surface area contributed by atoms with E-state index in [1.807, 2.05) is 32.0 Å². The van der Waals surface area contributed by atoms with E-state index in [0.717, 1.165) is 16.7 Å². The first-order valence-corrected chi connectivity index (χ1v) is 11.3. The zero-order valence-corrected chi connectivity index (χ0v) is 20.2. The van der Waals surface area contributed by atoms with Gasteiger partial charge in [-0.3, -0.25) is 4.79 Å². The standard InChI is InChI=1S/C27H24O6.C2H6/c1-4-18-7-6-17(12-19(18)5-2)16-32-21-10-8-20(9-11-21)27(30)15-24(29)26-23(28)13-22(31-3)14-25(26)33-27;1-2/h4-14,28,30H,1-2,15-16H2,3H3;1-2H3. The quantitative estimate of drug-likeness (QED) is 0.430. The molecular formula is C29H30O6. The number of hydrogen-bond donors (Lipinski definition) is 2. The number of fused-ring (bicyclic) bond motifs is 1. The molecular weight excluding hydrogens is 444 g/mol. The van der Waals surface area contributed by atoms with Crippen molar-refractivity contribution >= 4 is 17.9 Å². The highest BCUT2D eigenvalue weighted by molar-refractivity contribution is 6.03. The molecule has 3 aromatic rings. The third-order valence-electron chi connectivity index (χ3n) is 5.55. The van der Waals surface area contributed by atoms with Gasteiger partial charge >= 0.3 is 0 Å². The van der Waals surface area contributed by atoms with Gasteiger partial charge in [-0.25, -0.2) is 0 Å². The molecule has 35 heavy (non-hydrogen) atoms. The van der Waals surface area contributed by atoms with Crippen molar-refractivity contribution in [1.29, 1.82) is 0 Å². The lowest BCUT2D eigenvalue weighted by Gasteiger charge is -2.34. The van der Waals surface area contributed by atoms with Gasteiger partial charge < -0.3 is 24.4 Å². The van der Waals surface area contributed by atoms with E-state index in [0.29, 0.717) is 23.7 Å². The number of methoxy groups -OCH3 is 1. The lowest BCUT2D eigenvalue weighted by Crippen LogP contribution is -2.39. The van der Waals surface area contributed by atoms with Gasteiger partial charge in [0.2, 0.25) is 5.79 Å². The minimum Gasteiger partial charge on any atom is -0.507 e. The molecule has 1 unspecified atom stereocenters. The van der Waals surface area contributed by atoms with E-state index < -0.39 is 11.6 Å². The molecule has 0 spiro atoms. The predicted molar refractivity (Wildman–Crippen MR) is 137 cm³/mol. The summed E-state index contributed by atoms with van der Waals surface area (Å²) < 4.78 is 16.7. The van der Waals surface area contributed by atoms with Crippen LogP contribution in [0.5, 0.6) is 23.0 Å². The Labute approximate surface area is 205 Å². The van der Waals surface area contributed by atoms with Gasteiger partial charge in [-0.05, 0) is 47.0 Å². The van der Waals surface area contributed by atoms with E-state index in [1.54, 1.807) is 36.4 Å². The van der Waals surface area contributed by atoms with Gasteiger partial charge in [0.25, 0.3) is 0 Å². The van der Waals surface area contributed by atoms with Crippen molar-refractivity contribution in [2.24, 2.45) is 0 Å². The summed E-state index contributed by atoms with van der Waals surface area (Å²) in [6.45, 7) is 12.0. The van der Waals surface area contributed by atoms with E-state index in [-0.39, 0.29) is 23.5 Å². The average molecular weight is 475 g/mol. The zero-order chi connectivity index (χ0) is 25.6. The number of aromatic hydroxyl groups is 1. The van der Waals surface area contributed by atoms with Crippen molar-refractivity contribution in [3.05, 3.63) is 95.6 Å². The fourth-order valence-electron chi connectivity index (χ4n) is 3.79. The Morgan fingerprint density at radius 1 is 1.00 bits per heavy atom. The first kappa shape index (κ1) is 25.6. The molecule has 6 heteroatoms. The van der Waals surface area contributed by atoms with Gasteiger partial charge in [-0.2, -0.15) is 0 Å². The molecule has 0 fully saturated rings. The van der Waals surface area contributed by atoms with Gasteiger partial charge in [0, 0.05) is 17.7 Å². The summed E-state index contributed by atoms with van der Waals surface area (Å²) in [5.41, 5.74) is 3.37. The maximum Gasteiger partial charge on any atom is 0.242 e. The van der Waals surface area contributed by atoms with Crippen LogP contribution in [0.3, 0.4) is 0 Å². The van der Waals surface area contributed by atoms with Crippen molar-refractivity contribution in [3.8, 4) is 23.0 Å². The summed E-state index contributed by atoms with van der Waals surface area (Å²) in [6.07, 6.45) is 3.22. The molecule has 6 nitrogen and oxygen atoms in total. The summed E-state index contributed by atoms with van der Waals surface area (Å²) >= 11 is 0. The Morgan fingerprint density at radius 3 is 2.31 bits per heavy atom. The Balaban J connectivity index is 0.00000167. The van der Waals surface area contributed by atoms with Crippen molar-refractivity contribution in [2.75, 3.05) is 7.11 Å². The molecule has 3 aromatic carbocycles. The fourth-order valence-corrected chi connectivity index (χ4v) is 3.79. The molecule has 0 amide bonds. The summed E-state index contributed by atoms with van der Waals surface area (Å²) in [4.78, 5) is 12.6. The highest BCUT2D eigenvalue weighted by Gasteiger charge is 2.42. The predicted octanol–water partition coefficient (Wildman–Crippen LogP) is 6.10. The normalized spacial score (nSPS) is 16.2. The maximum absolute atomic E-state index is 12.6. The molecule has 0 aliphatic carbocycles. The highest BCUT2D eigenvalue weighted by atomic mass is 16.6. The molecule has 1 atom stereocenters. The molecule has 1 aliphatic heterocycles. The van der Waals surface area contributed by atoms with Crippen LogP contribution in [0.1, 0.15) is 52.9 Å². The number of ether oxygens (including phenoxy) is 3. The minimum absolute atomic E-state index is 0.0294. The molecule has 0 saturated heterocycles. The van der Waals surface area contributed by atoms with Crippen LogP contribution < -0.4 is 14.2 Å². The van der Waals surface area contributed by atoms with Crippen molar-refractivity contribution in [2.45, 2.75) is 32.7 Å². The molecule has 0 radical (unpaired) electrons. The zero-order valence-electron chi connectivity index (χ0n) is 20.2. The van der Waals surface area contributed by atoms with Crippen molar-refractivity contribution < 1.29 is 29.2 Å². The van der Waals surface area contributed by atoms with E-state index in [9.17, 15) is 15.0 Å². The molecule has 0 saturated carbocycles. The molecule has 0 aromatic heterocycles. The topological polar surface area (TPSA) is 85.2 Å². The van der Waals surface area contributed by atoms with Crippen LogP contribution in [-0.4, -0.2) is 23.1 Å². The first-order chi connectivity index (χ1) is 16.9. The van der Waals surface area contributed by atoms with Crippen LogP contribution in [0.2, 0.25) is 0 Å². The third kappa shape index (κ3) is 5.39. The highest BCUT2D eigenvalue weighted by Crippen LogP contribution is 2.43. The molecule has 1 heterocycles. The largest absolute Gasteiger partial charge is 0.507 e. The number of carbonyl (C=O) groups is 1. The molecule has 0 bridgehead atoms. The van der Waals surface area contributed by atoms with Crippen LogP contribution in [0.25, 0.3) is 12.2 Å². The number of hydrogen-bond acceptors (Lipinski definition) is 6. The Hall–Kier alpha value is -4.03. The van der Waals surface area contributed by atoms with E-state index >= 15 is 0 Å². The number of aliphatic hydroxyl groups is 1. The van der Waals surface area contributed by atoms with Gasteiger partial charge in [-0.15, -0.1) is 0 Å². The fraction of sp³-hybridized carbons (Fsp3) is 0.207. The molecule has 1 aliphatic rings. The Kier molecular flexibility index (Phi) is 7.99. The number of ketones is 1. The van der Waals surface area contributed by atoms with Gasteiger partial charge in [0.1, 0.15) is 35.2 Å². The number of benzene rings is 3. The van der Waals surface area contributed by atoms with E-state index in [2.05, 4.69) is 13.2 Å². The lowest BCUT2D eigenvalue weighted by atomic mass is 9.92. The summed E-state index contributed by atoms with van der Waals surface area (Å²) in [6, 6.07) is 15.4. The summed E-state index contributed by atoms with van der Waals surface area (Å²) in [5, 5.41) is 21.2. The Bertz CT molecular complexity index is 1230. The molecule has 182 valence electrons. The van der Waals surface area contributed by atoms with Gasteiger partial charge in [0.05, 0.1) is 13.5 Å². The second-order valence-electron chi connectivity index (χ2n) is 7.69. The maximum atomic E-state index is 12.6. The van der Waals surface area contributed by atoms with Crippen LogP contribution in [0.4, 0.5) is 0 Å². The lowest BCUT2D eigenvalue weighted by molar-refractivity contribution is -0.147. The van der Waals surface area contributed by atoms with Crippen LogP contribution in [0.15, 0.2) is 67.8 Å². The van der Waals surface area contributed by atoms with E-state index in [4.69, 9.17) is 14.2 Å². The third-order valence-corrected chi connectivity index (χ3v) is 5.55. The van der Waals surface area contributed by atoms with Gasteiger partial charge in [-0.1, -0.05) is 51.3 Å². The number of rotatable bonds is 7. The van der Waals surface area contributed by atoms with Crippen LogP contribution >= 0.6 is 0 Å². The minimum atomic E-state index is -1.87. The molecule has 4 rings (SSSR count). The van der Waals surface area contributed by atoms with Crippen LogP contribution in [-0.2, 0) is 12.4 Å². The van der Waals surface area contributed by atoms with E-state index in [1.165, 1.54) is 19.2 Å². The summed E-state index contributed by atoms with van der Waals surface area (Å²) in [7, 11) is 1.43. The first-order valence-electron chi connectivity index (χ1n) is 11.3. The van der Waals surface area contributed by atoms with Gasteiger partial charge in [0.15, 0.2) is 5.78 Å². The molecule has 2 N–H and O–H groups in total. The summed E-state index contributed by atoms with van der Waals surface area (Å²) in [5.74, 6) is -1.58. The smallest absolute Gasteiger partial charge is 0.242 e.